The molecule has 3 aromatic heterocycles. The molecule has 0 amide bonds. The van der Waals surface area contributed by atoms with Gasteiger partial charge in [-0.05, 0) is 104 Å². The largest absolute Gasteiger partial charge is 0.454 e. The third-order valence-electron chi connectivity index (χ3n) is 18.6. The van der Waals surface area contributed by atoms with E-state index in [2.05, 4.69) is 286 Å². The molecule has 0 bridgehead atoms. The van der Waals surface area contributed by atoms with Gasteiger partial charge in [-0.15, -0.1) is 0 Å². The highest BCUT2D eigenvalue weighted by molar-refractivity contribution is 6.29. The van der Waals surface area contributed by atoms with Crippen LogP contribution in [0.2, 0.25) is 0 Å². The third-order valence-corrected chi connectivity index (χ3v) is 18.6. The number of aryl methyl sites for hydroxylation is 1. The van der Waals surface area contributed by atoms with Gasteiger partial charge in [0.1, 0.15) is 16.7 Å². The molecule has 0 aliphatic heterocycles. The fourth-order valence-corrected chi connectivity index (χ4v) is 14.1. The zero-order valence-corrected chi connectivity index (χ0v) is 48.2. The van der Waals surface area contributed by atoms with Crippen LogP contribution in [0.15, 0.2) is 273 Å². The van der Waals surface area contributed by atoms with Gasteiger partial charge in [-0.2, -0.15) is 0 Å². The van der Waals surface area contributed by atoms with Crippen molar-refractivity contribution in [1.82, 2.24) is 0 Å². The molecular formula is C80H62N2O3. The van der Waals surface area contributed by atoms with Crippen molar-refractivity contribution in [2.75, 3.05) is 9.80 Å². The highest BCUT2D eigenvalue weighted by atomic mass is 16.3. The summed E-state index contributed by atoms with van der Waals surface area (Å²) < 4.78 is 22.7. The number of hydrogen-bond acceptors (Lipinski definition) is 5. The second-order valence-corrected chi connectivity index (χ2v) is 23.6. The Morgan fingerprint density at radius 3 is 1.84 bits per heavy atom. The maximum Gasteiger partial charge on any atom is 0.162 e. The van der Waals surface area contributed by atoms with E-state index in [0.29, 0.717) is 5.92 Å². The molecule has 0 fully saturated rings. The summed E-state index contributed by atoms with van der Waals surface area (Å²) in [6.45, 7) is 9.08. The molecule has 5 heteroatoms. The maximum atomic E-state index is 7.65. The van der Waals surface area contributed by atoms with Crippen molar-refractivity contribution in [3.63, 3.8) is 0 Å². The Morgan fingerprint density at radius 1 is 0.482 bits per heavy atom. The number of benzene rings is 10. The first-order chi connectivity index (χ1) is 41.8. The summed E-state index contributed by atoms with van der Waals surface area (Å²) in [5.74, 6) is 0.443. The van der Waals surface area contributed by atoms with Crippen LogP contribution >= 0.6 is 0 Å². The molecule has 410 valence electrons. The van der Waals surface area contributed by atoms with E-state index in [1.54, 1.807) is 0 Å². The lowest BCUT2D eigenvalue weighted by atomic mass is 9.71. The zero-order chi connectivity index (χ0) is 56.9. The van der Waals surface area contributed by atoms with Gasteiger partial charge < -0.3 is 23.1 Å². The van der Waals surface area contributed by atoms with Crippen LogP contribution in [0.25, 0.3) is 98.9 Å². The molecule has 3 heterocycles. The third kappa shape index (κ3) is 7.97. The summed E-state index contributed by atoms with van der Waals surface area (Å²) in [6.07, 6.45) is 22.0. The Kier molecular flexibility index (Phi) is 11.9. The number of hydrogen-bond donors (Lipinski definition) is 0. The average Bonchev–Trinajstić information content (AvgIpc) is 1.73. The number of allylic oxidation sites excluding steroid dienone is 11. The molecule has 0 N–H and O–H groups in total. The first-order valence-corrected chi connectivity index (χ1v) is 30.0. The molecule has 0 saturated carbocycles. The Bertz CT molecular complexity index is 5090. The standard InChI is InChI=1S/C80H62N2O3/c1-50-45-47-54(48-46-50)57-30-13-15-40-67(57)81(69-42-23-38-64-62-36-21-39-66(76(62)85-78(64)69)80(4)49-19-18-25-52(80)3)73-58-31-10-11-32-59(58)74(79-72(73)65-33-14-17-44-71(65)83-79)82(68-41-16-12-29-56(68)53-26-6-5-7-27-53)70-43-22-37-63-61-35-20-34-60(75(61)84-77(63)70)55-28-9-8-24-51(55)2/h5-11,13-28,30-45,47-48,50H,12,29,46,49H2,1-4H3. The van der Waals surface area contributed by atoms with Gasteiger partial charge in [-0.25, -0.2) is 0 Å². The van der Waals surface area contributed by atoms with Crippen LogP contribution in [-0.4, -0.2) is 0 Å². The van der Waals surface area contributed by atoms with Crippen molar-refractivity contribution in [2.45, 2.75) is 58.8 Å². The highest BCUT2D eigenvalue weighted by Gasteiger charge is 2.36. The van der Waals surface area contributed by atoms with E-state index >= 15 is 0 Å². The molecular weight excluding hydrogens is 1040 g/mol. The van der Waals surface area contributed by atoms with Gasteiger partial charge in [0.05, 0.1) is 33.8 Å². The molecule has 0 radical (unpaired) electrons. The number of rotatable bonds is 10. The quantitative estimate of drug-likeness (QED) is 0.128. The van der Waals surface area contributed by atoms with E-state index in [9.17, 15) is 0 Å². The lowest BCUT2D eigenvalue weighted by Gasteiger charge is -2.34. The topological polar surface area (TPSA) is 45.9 Å². The lowest BCUT2D eigenvalue weighted by molar-refractivity contribution is 0.548. The van der Waals surface area contributed by atoms with Gasteiger partial charge in [0.2, 0.25) is 0 Å². The lowest BCUT2D eigenvalue weighted by Crippen LogP contribution is -2.24. The van der Waals surface area contributed by atoms with Crippen LogP contribution in [0.4, 0.5) is 28.4 Å². The van der Waals surface area contributed by atoms with E-state index in [4.69, 9.17) is 13.3 Å². The number of anilines is 5. The first kappa shape index (κ1) is 50.6. The minimum atomic E-state index is -0.245. The monoisotopic (exact) mass is 1100 g/mol. The normalized spacial score (nSPS) is 17.1. The van der Waals surface area contributed by atoms with Crippen LogP contribution in [0.1, 0.15) is 68.7 Å². The minimum Gasteiger partial charge on any atom is -0.454 e. The zero-order valence-electron chi connectivity index (χ0n) is 48.2. The summed E-state index contributed by atoms with van der Waals surface area (Å²) >= 11 is 0. The van der Waals surface area contributed by atoms with Crippen molar-refractivity contribution in [1.29, 1.82) is 0 Å². The second-order valence-electron chi connectivity index (χ2n) is 23.6. The van der Waals surface area contributed by atoms with E-state index in [-0.39, 0.29) is 5.41 Å². The van der Waals surface area contributed by atoms with Gasteiger partial charge in [0, 0.05) is 65.5 Å². The summed E-state index contributed by atoms with van der Waals surface area (Å²) in [7, 11) is 0. The molecule has 10 aromatic carbocycles. The van der Waals surface area contributed by atoms with Crippen molar-refractivity contribution >= 4 is 116 Å². The second kappa shape index (κ2) is 20.1. The fourth-order valence-electron chi connectivity index (χ4n) is 14.1. The van der Waals surface area contributed by atoms with Crippen molar-refractivity contribution in [2.24, 2.45) is 5.92 Å². The van der Waals surface area contributed by atoms with Crippen molar-refractivity contribution in [3.8, 4) is 11.1 Å². The number of para-hydroxylation sites is 6. The molecule has 3 aliphatic rings. The molecule has 3 aliphatic carbocycles. The van der Waals surface area contributed by atoms with E-state index in [0.717, 1.165) is 153 Å². The molecule has 2 unspecified atom stereocenters. The van der Waals surface area contributed by atoms with Crippen LogP contribution in [0, 0.1) is 12.8 Å². The SMILES string of the molecule is CC1=CC=CCC1(C)c1cccc2c1oc1c(N(c3ccccc3C3=CCC(C)C=C3)c3c4ccccc4c(N(C4=C(c5ccccc5)CCC=C4)c4cccc5c4oc4c(-c6ccccc6C)cccc45)c4oc5ccccc5c34)cccc12. The summed E-state index contributed by atoms with van der Waals surface area (Å²) in [5.41, 5.74) is 21.2. The van der Waals surface area contributed by atoms with E-state index in [1.165, 1.54) is 33.4 Å². The Hall–Kier alpha value is -10.1. The molecule has 16 rings (SSSR count). The molecule has 13 aromatic rings. The Morgan fingerprint density at radius 2 is 1.08 bits per heavy atom. The van der Waals surface area contributed by atoms with Crippen molar-refractivity contribution < 1.29 is 13.3 Å². The van der Waals surface area contributed by atoms with Gasteiger partial charge in [-0.3, -0.25) is 0 Å². The summed E-state index contributed by atoms with van der Waals surface area (Å²) in [4.78, 5) is 4.98. The number of fused-ring (bicyclic) bond motifs is 10. The Labute approximate surface area is 494 Å². The van der Waals surface area contributed by atoms with Crippen LogP contribution in [-0.2, 0) is 5.41 Å². The van der Waals surface area contributed by atoms with Gasteiger partial charge in [0.15, 0.2) is 16.7 Å². The average molecular weight is 1100 g/mol. The predicted octanol–water partition coefficient (Wildman–Crippen LogP) is 23.0. The van der Waals surface area contributed by atoms with Crippen LogP contribution in [0.3, 0.4) is 0 Å². The number of nitrogens with zero attached hydrogens (tertiary/aromatic N) is 2. The molecule has 0 saturated heterocycles. The van der Waals surface area contributed by atoms with E-state index < -0.39 is 0 Å². The molecule has 85 heavy (non-hydrogen) atoms. The van der Waals surface area contributed by atoms with Gasteiger partial charge in [-0.1, -0.05) is 238 Å². The summed E-state index contributed by atoms with van der Waals surface area (Å²) in [6, 6.07) is 72.6. The maximum absolute atomic E-state index is 7.65. The smallest absolute Gasteiger partial charge is 0.162 e. The predicted molar refractivity (Wildman–Crippen MR) is 357 cm³/mol. The Balaban J connectivity index is 1.05. The van der Waals surface area contributed by atoms with Gasteiger partial charge >= 0.3 is 0 Å². The molecule has 0 spiro atoms. The van der Waals surface area contributed by atoms with Crippen LogP contribution in [0.5, 0.6) is 0 Å². The van der Waals surface area contributed by atoms with Crippen LogP contribution < -0.4 is 9.80 Å². The van der Waals surface area contributed by atoms with Crippen molar-refractivity contribution in [3.05, 3.63) is 282 Å². The first-order valence-electron chi connectivity index (χ1n) is 30.0. The number of furan rings is 3. The fraction of sp³-hybridized carbons (Fsp3) is 0.125. The minimum absolute atomic E-state index is 0.245. The molecule has 5 nitrogen and oxygen atoms in total. The molecule has 2 atom stereocenters. The summed E-state index contributed by atoms with van der Waals surface area (Å²) in [5, 5.41) is 8.34. The van der Waals surface area contributed by atoms with E-state index in [1.807, 2.05) is 0 Å². The van der Waals surface area contributed by atoms with Gasteiger partial charge in [0.25, 0.3) is 0 Å². The highest BCUT2D eigenvalue weighted by Crippen LogP contribution is 2.57.